The van der Waals surface area contributed by atoms with E-state index in [1.807, 2.05) is 0 Å². The Morgan fingerprint density at radius 1 is 1.28 bits per heavy atom. The van der Waals surface area contributed by atoms with Gasteiger partial charge < -0.3 is 10.5 Å². The summed E-state index contributed by atoms with van der Waals surface area (Å²) < 4.78 is 5.42. The highest BCUT2D eigenvalue weighted by molar-refractivity contribution is 5.35. The standard InChI is InChI=1S/C16H25NO/c1-12-4-5-13(2)15(10-12)16(3,17)11-14-6-8-18-9-7-14/h4-5,10,14H,6-9,11,17H2,1-3H3. The van der Waals surface area contributed by atoms with Gasteiger partial charge in [-0.1, -0.05) is 23.8 Å². The lowest BCUT2D eigenvalue weighted by Crippen LogP contribution is -2.37. The molecule has 0 aromatic heterocycles. The number of aryl methyl sites for hydroxylation is 2. The highest BCUT2D eigenvalue weighted by atomic mass is 16.5. The molecule has 2 rings (SSSR count). The van der Waals surface area contributed by atoms with Gasteiger partial charge in [-0.15, -0.1) is 0 Å². The molecule has 1 aromatic carbocycles. The minimum atomic E-state index is -0.224. The van der Waals surface area contributed by atoms with Crippen LogP contribution in [0.2, 0.25) is 0 Å². The van der Waals surface area contributed by atoms with Crippen LogP contribution in [0.25, 0.3) is 0 Å². The van der Waals surface area contributed by atoms with Gasteiger partial charge in [0.1, 0.15) is 0 Å². The highest BCUT2D eigenvalue weighted by Crippen LogP contribution is 2.32. The van der Waals surface area contributed by atoms with E-state index in [1.165, 1.54) is 16.7 Å². The predicted octanol–water partition coefficient (Wildman–Crippen LogP) is 3.29. The molecule has 1 aliphatic heterocycles. The van der Waals surface area contributed by atoms with Gasteiger partial charge >= 0.3 is 0 Å². The van der Waals surface area contributed by atoms with Gasteiger partial charge in [-0.25, -0.2) is 0 Å². The van der Waals surface area contributed by atoms with Crippen molar-refractivity contribution in [1.29, 1.82) is 0 Å². The summed E-state index contributed by atoms with van der Waals surface area (Å²) in [6, 6.07) is 6.58. The SMILES string of the molecule is Cc1ccc(C)c(C(C)(N)CC2CCOCC2)c1. The van der Waals surface area contributed by atoms with Crippen LogP contribution in [0.15, 0.2) is 18.2 Å². The Morgan fingerprint density at radius 2 is 1.94 bits per heavy atom. The van der Waals surface area contributed by atoms with E-state index >= 15 is 0 Å². The van der Waals surface area contributed by atoms with Crippen molar-refractivity contribution >= 4 is 0 Å². The van der Waals surface area contributed by atoms with Gasteiger partial charge in [0.15, 0.2) is 0 Å². The van der Waals surface area contributed by atoms with Gasteiger partial charge in [-0.05, 0) is 57.1 Å². The van der Waals surface area contributed by atoms with Crippen molar-refractivity contribution in [2.45, 2.75) is 45.6 Å². The monoisotopic (exact) mass is 247 g/mol. The first-order valence-corrected chi connectivity index (χ1v) is 6.93. The summed E-state index contributed by atoms with van der Waals surface area (Å²) in [6.45, 7) is 8.25. The normalized spacial score (nSPS) is 20.7. The van der Waals surface area contributed by atoms with E-state index in [0.29, 0.717) is 5.92 Å². The number of nitrogens with two attached hydrogens (primary N) is 1. The third kappa shape index (κ3) is 3.12. The van der Waals surface area contributed by atoms with E-state index in [0.717, 1.165) is 32.5 Å². The first-order chi connectivity index (χ1) is 8.49. The Labute approximate surface area is 111 Å². The highest BCUT2D eigenvalue weighted by Gasteiger charge is 2.28. The van der Waals surface area contributed by atoms with Gasteiger partial charge in [0.25, 0.3) is 0 Å². The van der Waals surface area contributed by atoms with E-state index in [4.69, 9.17) is 10.5 Å². The molecule has 1 aliphatic rings. The average Bonchev–Trinajstić information content (AvgIpc) is 2.33. The largest absolute Gasteiger partial charge is 0.381 e. The fourth-order valence-corrected chi connectivity index (χ4v) is 3.01. The van der Waals surface area contributed by atoms with Crippen LogP contribution in [0.1, 0.15) is 42.9 Å². The molecule has 1 unspecified atom stereocenters. The Kier molecular flexibility index (Phi) is 4.08. The second kappa shape index (κ2) is 5.41. The minimum absolute atomic E-state index is 0.224. The van der Waals surface area contributed by atoms with Gasteiger partial charge in [0.05, 0.1) is 0 Å². The third-order valence-corrected chi connectivity index (χ3v) is 4.06. The lowest BCUT2D eigenvalue weighted by Gasteiger charge is -2.33. The summed E-state index contributed by atoms with van der Waals surface area (Å²) in [5, 5.41) is 0. The molecule has 1 heterocycles. The molecule has 1 saturated heterocycles. The van der Waals surface area contributed by atoms with Gasteiger partial charge in [-0.3, -0.25) is 0 Å². The number of rotatable bonds is 3. The molecular formula is C16H25NO. The molecule has 0 amide bonds. The van der Waals surface area contributed by atoms with E-state index < -0.39 is 0 Å². The van der Waals surface area contributed by atoms with Crippen LogP contribution in [0.3, 0.4) is 0 Å². The summed E-state index contributed by atoms with van der Waals surface area (Å²) >= 11 is 0. The Hall–Kier alpha value is -0.860. The maximum atomic E-state index is 6.60. The molecule has 0 saturated carbocycles. The zero-order valence-corrected chi connectivity index (χ0v) is 11.8. The lowest BCUT2D eigenvalue weighted by molar-refractivity contribution is 0.0570. The topological polar surface area (TPSA) is 35.2 Å². The van der Waals surface area contributed by atoms with Crippen molar-refractivity contribution in [2.75, 3.05) is 13.2 Å². The second-order valence-corrected chi connectivity index (χ2v) is 6.00. The molecule has 2 heteroatoms. The molecule has 0 spiro atoms. The predicted molar refractivity (Wildman–Crippen MR) is 75.6 cm³/mol. The first-order valence-electron chi connectivity index (χ1n) is 6.93. The summed E-state index contributed by atoms with van der Waals surface area (Å²) in [5.41, 5.74) is 10.3. The van der Waals surface area contributed by atoms with Gasteiger partial charge in [0, 0.05) is 18.8 Å². The van der Waals surface area contributed by atoms with Crippen LogP contribution in [-0.4, -0.2) is 13.2 Å². The molecule has 100 valence electrons. The zero-order valence-electron chi connectivity index (χ0n) is 11.8. The van der Waals surface area contributed by atoms with Crippen LogP contribution >= 0.6 is 0 Å². The van der Waals surface area contributed by atoms with E-state index in [2.05, 4.69) is 39.0 Å². The molecular weight excluding hydrogens is 222 g/mol. The fourth-order valence-electron chi connectivity index (χ4n) is 3.01. The van der Waals surface area contributed by atoms with Crippen molar-refractivity contribution in [3.05, 3.63) is 34.9 Å². The second-order valence-electron chi connectivity index (χ2n) is 6.00. The third-order valence-electron chi connectivity index (χ3n) is 4.06. The van der Waals surface area contributed by atoms with Crippen LogP contribution in [0.5, 0.6) is 0 Å². The first kappa shape index (κ1) is 13.6. The Bertz CT molecular complexity index is 406. The van der Waals surface area contributed by atoms with Crippen LogP contribution in [0, 0.1) is 19.8 Å². The van der Waals surface area contributed by atoms with Gasteiger partial charge in [0.2, 0.25) is 0 Å². The molecule has 1 atom stereocenters. The molecule has 0 bridgehead atoms. The van der Waals surface area contributed by atoms with Gasteiger partial charge in [-0.2, -0.15) is 0 Å². The molecule has 2 nitrogen and oxygen atoms in total. The Morgan fingerprint density at radius 3 is 2.61 bits per heavy atom. The van der Waals surface area contributed by atoms with E-state index in [-0.39, 0.29) is 5.54 Å². The number of benzene rings is 1. The molecule has 1 fully saturated rings. The molecule has 1 aromatic rings. The molecule has 0 radical (unpaired) electrons. The van der Waals surface area contributed by atoms with Crippen molar-refractivity contribution in [3.63, 3.8) is 0 Å². The quantitative estimate of drug-likeness (QED) is 0.889. The summed E-state index contributed by atoms with van der Waals surface area (Å²) in [6.07, 6.45) is 3.36. The number of hydrogen-bond donors (Lipinski definition) is 1. The van der Waals surface area contributed by atoms with Crippen molar-refractivity contribution in [1.82, 2.24) is 0 Å². The van der Waals surface area contributed by atoms with E-state index in [1.54, 1.807) is 0 Å². The van der Waals surface area contributed by atoms with Crippen LogP contribution < -0.4 is 5.73 Å². The van der Waals surface area contributed by atoms with Crippen molar-refractivity contribution < 1.29 is 4.74 Å². The average molecular weight is 247 g/mol. The summed E-state index contributed by atoms with van der Waals surface area (Å²) in [5.74, 6) is 0.702. The van der Waals surface area contributed by atoms with Crippen molar-refractivity contribution in [2.24, 2.45) is 11.7 Å². The Balaban J connectivity index is 2.15. The number of ether oxygens (including phenoxy) is 1. The maximum Gasteiger partial charge on any atom is 0.0468 e. The van der Waals surface area contributed by atoms with Crippen LogP contribution in [0.4, 0.5) is 0 Å². The molecule has 0 aliphatic carbocycles. The fraction of sp³-hybridized carbons (Fsp3) is 0.625. The molecule has 2 N–H and O–H groups in total. The summed E-state index contributed by atoms with van der Waals surface area (Å²) in [7, 11) is 0. The zero-order chi connectivity index (χ0) is 13.2. The van der Waals surface area contributed by atoms with Crippen LogP contribution in [-0.2, 0) is 10.3 Å². The molecule has 18 heavy (non-hydrogen) atoms. The maximum absolute atomic E-state index is 6.60. The van der Waals surface area contributed by atoms with E-state index in [9.17, 15) is 0 Å². The minimum Gasteiger partial charge on any atom is -0.381 e. The lowest BCUT2D eigenvalue weighted by atomic mass is 9.79. The smallest absolute Gasteiger partial charge is 0.0468 e. The van der Waals surface area contributed by atoms with Crippen molar-refractivity contribution in [3.8, 4) is 0 Å². The number of hydrogen-bond acceptors (Lipinski definition) is 2. The summed E-state index contributed by atoms with van der Waals surface area (Å²) in [4.78, 5) is 0.